The van der Waals surface area contributed by atoms with Crippen LogP contribution >= 0.6 is 11.6 Å². The number of phenolic OH excluding ortho intramolecular Hbond substituents is 2. The van der Waals surface area contributed by atoms with E-state index < -0.39 is 0 Å². The lowest BCUT2D eigenvalue weighted by Crippen LogP contribution is -2.21. The Kier molecular flexibility index (Phi) is 5.13. The highest BCUT2D eigenvalue weighted by Crippen LogP contribution is 2.39. The Morgan fingerprint density at radius 3 is 2.75 bits per heavy atom. The summed E-state index contributed by atoms with van der Waals surface area (Å²) < 4.78 is 7.75. The van der Waals surface area contributed by atoms with E-state index in [0.29, 0.717) is 23.8 Å². The molecule has 1 aliphatic rings. The number of ether oxygens (including phenoxy) is 1. The van der Waals surface area contributed by atoms with Crippen molar-refractivity contribution >= 4 is 11.6 Å². The summed E-state index contributed by atoms with van der Waals surface area (Å²) >= 11 is 6.02. The predicted octanol–water partition coefficient (Wildman–Crippen LogP) is 4.35. The molecule has 0 fully saturated rings. The molecular formula is C21H22ClN3O3. The Morgan fingerprint density at radius 2 is 1.96 bits per heavy atom. The summed E-state index contributed by atoms with van der Waals surface area (Å²) in [6.07, 6.45) is 2.74. The van der Waals surface area contributed by atoms with Crippen molar-refractivity contribution in [2.75, 3.05) is 6.61 Å². The fourth-order valence-corrected chi connectivity index (χ4v) is 3.73. The molecule has 1 unspecified atom stereocenters. The van der Waals surface area contributed by atoms with Crippen LogP contribution < -0.4 is 4.74 Å². The van der Waals surface area contributed by atoms with Gasteiger partial charge in [-0.3, -0.25) is 0 Å². The molecule has 28 heavy (non-hydrogen) atoms. The summed E-state index contributed by atoms with van der Waals surface area (Å²) in [5.41, 5.74) is 3.29. The maximum absolute atomic E-state index is 10.2. The molecule has 2 N–H and O–H groups in total. The molecule has 0 radical (unpaired) electrons. The summed E-state index contributed by atoms with van der Waals surface area (Å²) in [4.78, 5) is 0. The fourth-order valence-electron chi connectivity index (χ4n) is 3.57. The van der Waals surface area contributed by atoms with Crippen molar-refractivity contribution in [2.24, 2.45) is 5.92 Å². The van der Waals surface area contributed by atoms with Crippen LogP contribution in [0.5, 0.6) is 17.2 Å². The second-order valence-corrected chi connectivity index (χ2v) is 7.64. The minimum Gasteiger partial charge on any atom is -0.507 e. The molecule has 6 nitrogen and oxygen atoms in total. The number of benzene rings is 2. The number of aryl methyl sites for hydroxylation is 2. The molecule has 0 bridgehead atoms. The van der Waals surface area contributed by atoms with E-state index in [-0.39, 0.29) is 16.5 Å². The molecule has 0 spiro atoms. The Labute approximate surface area is 168 Å². The highest BCUT2D eigenvalue weighted by Gasteiger charge is 2.26. The lowest BCUT2D eigenvalue weighted by Gasteiger charge is -2.23. The van der Waals surface area contributed by atoms with E-state index in [1.54, 1.807) is 0 Å². The topological polar surface area (TPSA) is 80.4 Å². The molecular weight excluding hydrogens is 378 g/mol. The van der Waals surface area contributed by atoms with E-state index in [0.717, 1.165) is 37.3 Å². The van der Waals surface area contributed by atoms with Crippen LogP contribution in [0.15, 0.2) is 36.4 Å². The average molecular weight is 400 g/mol. The van der Waals surface area contributed by atoms with E-state index in [4.69, 9.17) is 16.3 Å². The molecule has 146 valence electrons. The molecule has 1 aliphatic heterocycles. The zero-order valence-corrected chi connectivity index (χ0v) is 16.4. The highest BCUT2D eigenvalue weighted by molar-refractivity contribution is 6.32. The van der Waals surface area contributed by atoms with Gasteiger partial charge in [0.25, 0.3) is 0 Å². The number of halogens is 1. The van der Waals surface area contributed by atoms with Gasteiger partial charge in [-0.05, 0) is 50.3 Å². The number of aromatic hydroxyl groups is 2. The quantitative estimate of drug-likeness (QED) is 0.666. The van der Waals surface area contributed by atoms with Crippen LogP contribution in [0.4, 0.5) is 0 Å². The first-order valence-electron chi connectivity index (χ1n) is 9.35. The standard InChI is InChI=1S/C21H22ClN3O3/c1-13-2-4-15(5-3-13)28-9-7-14-6-8-25-18(10-14)21(23-24-25)16-11-17(22)20(27)12-19(16)26/h2-5,11-12,14,26-27H,6-10H2,1H3. The van der Waals surface area contributed by atoms with Gasteiger partial charge in [0.05, 0.1) is 17.3 Å². The molecule has 0 aliphatic carbocycles. The summed E-state index contributed by atoms with van der Waals surface area (Å²) in [7, 11) is 0. The van der Waals surface area contributed by atoms with Gasteiger partial charge < -0.3 is 14.9 Å². The Morgan fingerprint density at radius 1 is 1.18 bits per heavy atom. The normalized spacial score (nSPS) is 16.0. The molecule has 3 aromatic rings. The van der Waals surface area contributed by atoms with Crippen LogP contribution in [0, 0.1) is 12.8 Å². The van der Waals surface area contributed by atoms with Gasteiger partial charge in [-0.2, -0.15) is 0 Å². The maximum atomic E-state index is 10.2. The number of hydrogen-bond acceptors (Lipinski definition) is 5. The van der Waals surface area contributed by atoms with Crippen LogP contribution in [-0.2, 0) is 13.0 Å². The molecule has 0 amide bonds. The Hall–Kier alpha value is -2.73. The third-order valence-corrected chi connectivity index (χ3v) is 5.51. The number of aromatic nitrogens is 3. The van der Waals surface area contributed by atoms with E-state index in [2.05, 4.69) is 17.2 Å². The average Bonchev–Trinajstić information content (AvgIpc) is 3.09. The van der Waals surface area contributed by atoms with Gasteiger partial charge in [0, 0.05) is 18.2 Å². The number of nitrogens with zero attached hydrogens (tertiary/aromatic N) is 3. The van der Waals surface area contributed by atoms with Crippen molar-refractivity contribution in [1.82, 2.24) is 15.0 Å². The van der Waals surface area contributed by atoms with Gasteiger partial charge in [0.1, 0.15) is 22.9 Å². The van der Waals surface area contributed by atoms with E-state index in [1.165, 1.54) is 17.7 Å². The smallest absolute Gasteiger partial charge is 0.137 e. The van der Waals surface area contributed by atoms with Crippen molar-refractivity contribution in [3.05, 3.63) is 52.7 Å². The second kappa shape index (κ2) is 7.72. The minimum atomic E-state index is -0.157. The monoisotopic (exact) mass is 399 g/mol. The first kappa shape index (κ1) is 18.6. The minimum absolute atomic E-state index is 0.0602. The zero-order chi connectivity index (χ0) is 19.7. The van der Waals surface area contributed by atoms with Crippen molar-refractivity contribution in [1.29, 1.82) is 0 Å². The van der Waals surface area contributed by atoms with Gasteiger partial charge in [-0.25, -0.2) is 4.68 Å². The zero-order valence-electron chi connectivity index (χ0n) is 15.6. The van der Waals surface area contributed by atoms with E-state index in [1.807, 2.05) is 28.9 Å². The Bertz CT molecular complexity index is 985. The first-order valence-corrected chi connectivity index (χ1v) is 9.72. The van der Waals surface area contributed by atoms with Crippen molar-refractivity contribution in [3.63, 3.8) is 0 Å². The molecule has 0 saturated heterocycles. The molecule has 0 saturated carbocycles. The van der Waals surface area contributed by atoms with Crippen LogP contribution in [0.2, 0.25) is 5.02 Å². The largest absolute Gasteiger partial charge is 0.507 e. The lowest BCUT2D eigenvalue weighted by molar-refractivity contribution is 0.252. The molecule has 1 atom stereocenters. The number of phenols is 2. The van der Waals surface area contributed by atoms with E-state index in [9.17, 15) is 10.2 Å². The summed E-state index contributed by atoms with van der Waals surface area (Å²) in [6.45, 7) is 3.49. The number of rotatable bonds is 5. The van der Waals surface area contributed by atoms with Crippen molar-refractivity contribution in [2.45, 2.75) is 32.7 Å². The van der Waals surface area contributed by atoms with Crippen molar-refractivity contribution < 1.29 is 14.9 Å². The third-order valence-electron chi connectivity index (χ3n) is 5.20. The summed E-state index contributed by atoms with van der Waals surface area (Å²) in [6, 6.07) is 10.8. The number of fused-ring (bicyclic) bond motifs is 1. The molecule has 1 aromatic heterocycles. The SMILES string of the molecule is Cc1ccc(OCCC2CCn3nnc(-c4cc(Cl)c(O)cc4O)c3C2)cc1. The molecule has 2 aromatic carbocycles. The fraction of sp³-hybridized carbons (Fsp3) is 0.333. The van der Waals surface area contributed by atoms with Gasteiger partial charge >= 0.3 is 0 Å². The van der Waals surface area contributed by atoms with Crippen LogP contribution in [0.3, 0.4) is 0 Å². The molecule has 7 heteroatoms. The highest BCUT2D eigenvalue weighted by atomic mass is 35.5. The molecule has 2 heterocycles. The summed E-state index contributed by atoms with van der Waals surface area (Å²) in [5, 5.41) is 28.5. The first-order chi connectivity index (χ1) is 13.5. The van der Waals surface area contributed by atoms with Gasteiger partial charge in [0.2, 0.25) is 0 Å². The van der Waals surface area contributed by atoms with E-state index >= 15 is 0 Å². The predicted molar refractivity (Wildman–Crippen MR) is 107 cm³/mol. The van der Waals surface area contributed by atoms with Gasteiger partial charge in [0.15, 0.2) is 0 Å². The third kappa shape index (κ3) is 3.78. The van der Waals surface area contributed by atoms with Crippen molar-refractivity contribution in [3.8, 4) is 28.5 Å². The number of hydrogen-bond donors (Lipinski definition) is 2. The Balaban J connectivity index is 1.46. The molecule has 4 rings (SSSR count). The van der Waals surface area contributed by atoms with Gasteiger partial charge in [-0.1, -0.05) is 34.5 Å². The van der Waals surface area contributed by atoms with Crippen LogP contribution in [-0.4, -0.2) is 31.8 Å². The van der Waals surface area contributed by atoms with Crippen LogP contribution in [0.25, 0.3) is 11.3 Å². The lowest BCUT2D eigenvalue weighted by atomic mass is 9.91. The second-order valence-electron chi connectivity index (χ2n) is 7.24. The van der Waals surface area contributed by atoms with Crippen LogP contribution in [0.1, 0.15) is 24.1 Å². The van der Waals surface area contributed by atoms with Gasteiger partial charge in [-0.15, -0.1) is 5.10 Å². The summed E-state index contributed by atoms with van der Waals surface area (Å²) in [5.74, 6) is 1.12. The maximum Gasteiger partial charge on any atom is 0.137 e.